The summed E-state index contributed by atoms with van der Waals surface area (Å²) < 4.78 is 89.0. The number of hydrogen-bond acceptors (Lipinski definition) is 6. The Hall–Kier alpha value is -5.54. The van der Waals surface area contributed by atoms with Crippen molar-refractivity contribution >= 4 is 46.2 Å². The standard InChI is InChI=1S/C22H17F3N2OS.C16H11F3N2O.C6H6S/c23-22(24,25)21(28,15-29-19-9-5-2-6-10-19)17-11-12-20-16(13-17)14-26-27(20)18-7-3-1-4-8-18;17-16(18,19)15(10-22-15)12-6-7-14-11(8-12)9-20-21(14)13-4-2-1-3-5-13;7-6-4-2-1-3-5-6/h1-14,28H,15H2;1-9H,10H2;1-5,7H. The Morgan fingerprint density at radius 3 is 1.55 bits per heavy atom. The van der Waals surface area contributed by atoms with Gasteiger partial charge in [0.05, 0.1) is 41.4 Å². The highest BCUT2D eigenvalue weighted by atomic mass is 32.2. The molecule has 0 aliphatic carbocycles. The number of epoxide rings is 1. The highest BCUT2D eigenvalue weighted by molar-refractivity contribution is 7.99. The van der Waals surface area contributed by atoms with Crippen LogP contribution in [0.1, 0.15) is 11.1 Å². The Morgan fingerprint density at radius 1 is 0.638 bits per heavy atom. The number of thioether (sulfide) groups is 1. The minimum absolute atomic E-state index is 0.125. The van der Waals surface area contributed by atoms with E-state index in [1.54, 1.807) is 58.0 Å². The largest absolute Gasteiger partial charge is 0.424 e. The number of ether oxygens (including phenoxy) is 1. The van der Waals surface area contributed by atoms with Gasteiger partial charge in [0.25, 0.3) is 0 Å². The summed E-state index contributed by atoms with van der Waals surface area (Å²) in [5, 5.41) is 20.4. The summed E-state index contributed by atoms with van der Waals surface area (Å²) in [6.07, 6.45) is -6.15. The van der Waals surface area contributed by atoms with Gasteiger partial charge in [-0.3, -0.25) is 0 Å². The van der Waals surface area contributed by atoms with Crippen LogP contribution in [0.3, 0.4) is 0 Å². The van der Waals surface area contributed by atoms with Crippen molar-refractivity contribution < 1.29 is 36.2 Å². The van der Waals surface area contributed by atoms with Gasteiger partial charge in [0, 0.05) is 26.3 Å². The monoisotopic (exact) mass is 828 g/mol. The fourth-order valence-corrected chi connectivity index (χ4v) is 7.38. The van der Waals surface area contributed by atoms with Gasteiger partial charge in [-0.05, 0) is 83.9 Å². The third-order valence-corrected chi connectivity index (χ3v) is 10.9. The van der Waals surface area contributed by atoms with Crippen molar-refractivity contribution in [3.63, 3.8) is 0 Å². The molecule has 296 valence electrons. The number of para-hydroxylation sites is 2. The Balaban J connectivity index is 0.000000155. The molecule has 1 saturated heterocycles. The zero-order chi connectivity index (χ0) is 41.0. The summed E-state index contributed by atoms with van der Waals surface area (Å²) in [6.45, 7) is -0.325. The maximum atomic E-state index is 13.9. The van der Waals surface area contributed by atoms with Gasteiger partial charge in [-0.1, -0.05) is 84.9 Å². The van der Waals surface area contributed by atoms with Gasteiger partial charge in [0.1, 0.15) is 0 Å². The van der Waals surface area contributed by atoms with Crippen LogP contribution in [0.25, 0.3) is 33.2 Å². The van der Waals surface area contributed by atoms with Crippen LogP contribution < -0.4 is 0 Å². The lowest BCUT2D eigenvalue weighted by atomic mass is 9.94. The summed E-state index contributed by atoms with van der Waals surface area (Å²) in [4.78, 5) is 1.68. The second-order valence-corrected chi connectivity index (χ2v) is 14.8. The van der Waals surface area contributed by atoms with Crippen molar-refractivity contribution in [2.45, 2.75) is 33.3 Å². The van der Waals surface area contributed by atoms with E-state index in [9.17, 15) is 31.4 Å². The van der Waals surface area contributed by atoms with Gasteiger partial charge in [0.2, 0.25) is 5.60 Å². The molecule has 2 atom stereocenters. The zero-order valence-corrected chi connectivity index (χ0v) is 32.1. The number of fused-ring (bicyclic) bond motifs is 2. The van der Waals surface area contributed by atoms with E-state index in [1.165, 1.54) is 30.5 Å². The summed E-state index contributed by atoms with van der Waals surface area (Å²) in [7, 11) is 0. The molecule has 0 saturated carbocycles. The molecule has 2 aromatic heterocycles. The van der Waals surface area contributed by atoms with Gasteiger partial charge < -0.3 is 9.84 Å². The van der Waals surface area contributed by atoms with E-state index in [2.05, 4.69) is 22.8 Å². The van der Waals surface area contributed by atoms with Crippen LogP contribution in [-0.4, -0.2) is 49.4 Å². The second-order valence-electron chi connectivity index (χ2n) is 13.2. The Bertz CT molecular complexity index is 2580. The van der Waals surface area contributed by atoms with Crippen LogP contribution in [0.4, 0.5) is 26.3 Å². The van der Waals surface area contributed by atoms with E-state index in [0.29, 0.717) is 21.2 Å². The Labute approximate surface area is 339 Å². The molecule has 1 aliphatic heterocycles. The molecule has 3 heterocycles. The number of nitrogens with zero attached hydrogens (tertiary/aromatic N) is 4. The van der Waals surface area contributed by atoms with Crippen LogP contribution in [0, 0.1) is 0 Å². The van der Waals surface area contributed by atoms with Crippen molar-refractivity contribution in [2.24, 2.45) is 0 Å². The minimum atomic E-state index is -4.82. The van der Waals surface area contributed by atoms with E-state index >= 15 is 0 Å². The van der Waals surface area contributed by atoms with Crippen LogP contribution in [0.2, 0.25) is 0 Å². The molecule has 6 nitrogen and oxygen atoms in total. The average Bonchev–Trinajstić information content (AvgIpc) is 3.80. The number of hydrogen-bond donors (Lipinski definition) is 2. The maximum Gasteiger partial charge on any atom is 0.424 e. The molecule has 14 heteroatoms. The SMILES string of the molecule is FC(F)(F)C1(c2ccc3c(cnn3-c3ccccc3)c2)CO1.OC(CSc1ccccc1)(c1ccc2c(cnn2-c2ccccc2)c1)C(F)(F)F.Sc1ccccc1. The first-order valence-corrected chi connectivity index (χ1v) is 19.2. The molecular weight excluding hydrogens is 795 g/mol. The lowest BCUT2D eigenvalue weighted by Gasteiger charge is -2.30. The van der Waals surface area contributed by atoms with Crippen molar-refractivity contribution in [1.82, 2.24) is 19.6 Å². The predicted molar refractivity (Wildman–Crippen MR) is 217 cm³/mol. The molecule has 1 N–H and O–H groups in total. The quantitative estimate of drug-likeness (QED) is 0.0725. The van der Waals surface area contributed by atoms with Crippen molar-refractivity contribution in [3.05, 3.63) is 181 Å². The number of thiol groups is 1. The fraction of sp³-hybridized carbons (Fsp3) is 0.136. The van der Waals surface area contributed by atoms with Crippen molar-refractivity contribution in [2.75, 3.05) is 12.4 Å². The highest BCUT2D eigenvalue weighted by Gasteiger charge is 2.67. The van der Waals surface area contributed by atoms with Crippen molar-refractivity contribution in [3.8, 4) is 11.4 Å². The predicted octanol–water partition coefficient (Wildman–Crippen LogP) is 11.4. The Morgan fingerprint density at radius 2 is 1.10 bits per heavy atom. The smallest absolute Gasteiger partial charge is 0.376 e. The number of halogens is 6. The van der Waals surface area contributed by atoms with E-state index < -0.39 is 29.3 Å². The lowest BCUT2D eigenvalue weighted by molar-refractivity contribution is -0.256. The minimum Gasteiger partial charge on any atom is -0.376 e. The third kappa shape index (κ3) is 8.65. The van der Waals surface area contributed by atoms with Crippen LogP contribution >= 0.6 is 24.4 Å². The lowest BCUT2D eigenvalue weighted by Crippen LogP contribution is -2.44. The van der Waals surface area contributed by atoms with E-state index in [1.807, 2.05) is 91.0 Å². The fourth-order valence-electron chi connectivity index (χ4n) is 6.15. The van der Waals surface area contributed by atoms with Crippen LogP contribution in [-0.2, 0) is 15.9 Å². The number of rotatable bonds is 7. The first kappa shape index (κ1) is 40.6. The summed E-state index contributed by atoms with van der Waals surface area (Å²) in [5.74, 6) is -0.543. The average molecular weight is 829 g/mol. The molecule has 0 spiro atoms. The first-order valence-electron chi connectivity index (χ1n) is 17.8. The third-order valence-electron chi connectivity index (χ3n) is 9.39. The summed E-state index contributed by atoms with van der Waals surface area (Å²) >= 11 is 5.05. The normalized spacial score (nSPS) is 16.1. The molecule has 9 rings (SSSR count). The van der Waals surface area contributed by atoms with Gasteiger partial charge in [-0.15, -0.1) is 24.4 Å². The van der Waals surface area contributed by atoms with Crippen LogP contribution in [0.5, 0.6) is 0 Å². The molecule has 58 heavy (non-hydrogen) atoms. The zero-order valence-electron chi connectivity index (χ0n) is 30.3. The molecule has 1 aliphatic rings. The molecule has 0 radical (unpaired) electrons. The van der Waals surface area contributed by atoms with E-state index in [0.717, 1.165) is 33.5 Å². The van der Waals surface area contributed by atoms with E-state index in [4.69, 9.17) is 4.74 Å². The van der Waals surface area contributed by atoms with Crippen LogP contribution in [0.15, 0.2) is 180 Å². The molecule has 6 aromatic carbocycles. The van der Waals surface area contributed by atoms with Gasteiger partial charge in [-0.2, -0.15) is 36.5 Å². The first-order chi connectivity index (χ1) is 27.8. The van der Waals surface area contributed by atoms with Gasteiger partial charge in [-0.25, -0.2) is 9.36 Å². The molecule has 8 aromatic rings. The molecule has 1 fully saturated rings. The number of alkyl halides is 6. The maximum absolute atomic E-state index is 13.9. The molecular formula is C44H34F6N4O2S2. The number of aliphatic hydroxyl groups is 1. The van der Waals surface area contributed by atoms with Crippen molar-refractivity contribution in [1.29, 1.82) is 0 Å². The summed E-state index contributed by atoms with van der Waals surface area (Å²) in [5.41, 5.74) is -2.10. The second kappa shape index (κ2) is 16.7. The molecule has 0 bridgehead atoms. The molecule has 0 amide bonds. The highest BCUT2D eigenvalue weighted by Crippen LogP contribution is 2.52. The summed E-state index contributed by atoms with van der Waals surface area (Å²) in [6, 6.07) is 46.1. The van der Waals surface area contributed by atoms with Gasteiger partial charge >= 0.3 is 12.4 Å². The topological polar surface area (TPSA) is 68.4 Å². The van der Waals surface area contributed by atoms with Gasteiger partial charge in [0.15, 0.2) is 5.60 Å². The number of benzene rings is 6. The Kier molecular flexibility index (Phi) is 11.7. The number of aromatic nitrogens is 4. The van der Waals surface area contributed by atoms with E-state index in [-0.39, 0.29) is 17.7 Å². The molecule has 2 unspecified atom stereocenters.